The molecule has 1 amide bonds. The van der Waals surface area contributed by atoms with Gasteiger partial charge in [0, 0.05) is 36.8 Å². The Kier molecular flexibility index (Phi) is 5.89. The number of oxazole rings is 1. The summed E-state index contributed by atoms with van der Waals surface area (Å²) in [6, 6.07) is 18.1. The van der Waals surface area contributed by atoms with Gasteiger partial charge in [0.15, 0.2) is 5.76 Å². The molecule has 2 aromatic carbocycles. The quantitative estimate of drug-likeness (QED) is 0.403. The van der Waals surface area contributed by atoms with Crippen LogP contribution in [0.2, 0.25) is 5.02 Å². The van der Waals surface area contributed by atoms with E-state index in [1.807, 2.05) is 0 Å². The average molecular weight is 498 g/mol. The predicted octanol–water partition coefficient (Wildman–Crippen LogP) is 4.38. The van der Waals surface area contributed by atoms with Crippen molar-refractivity contribution in [3.8, 4) is 11.7 Å². The van der Waals surface area contributed by atoms with Crippen LogP contribution in [0.25, 0.3) is 11.7 Å². The molecule has 1 fully saturated rings. The Morgan fingerprint density at radius 3 is 2.26 bits per heavy atom. The largest absolute Gasteiger partial charge is 0.459 e. The van der Waals surface area contributed by atoms with Gasteiger partial charge < -0.3 is 18.6 Å². The molecule has 10 heteroatoms. The Labute approximate surface area is 201 Å². The fraction of sp³-hybridized carbons (Fsp3) is 0.167. The highest BCUT2D eigenvalue weighted by molar-refractivity contribution is 7.91. The summed E-state index contributed by atoms with van der Waals surface area (Å²) in [5.41, 5.74) is 0.546. The minimum absolute atomic E-state index is 0.0779. The number of benzene rings is 2. The van der Waals surface area contributed by atoms with E-state index in [-0.39, 0.29) is 27.6 Å². The molecule has 0 radical (unpaired) electrons. The monoisotopic (exact) mass is 497 g/mol. The molecule has 8 nitrogen and oxygen atoms in total. The predicted molar refractivity (Wildman–Crippen MR) is 126 cm³/mol. The minimum atomic E-state index is -3.95. The lowest BCUT2D eigenvalue weighted by Crippen LogP contribution is -2.49. The summed E-state index contributed by atoms with van der Waals surface area (Å²) in [4.78, 5) is 20.8. The van der Waals surface area contributed by atoms with Gasteiger partial charge in [-0.1, -0.05) is 29.8 Å². The summed E-state index contributed by atoms with van der Waals surface area (Å²) in [5, 5.41) is 0.383. The number of aromatic nitrogens is 1. The molecule has 174 valence electrons. The van der Waals surface area contributed by atoms with Crippen LogP contribution in [0.5, 0.6) is 0 Å². The summed E-state index contributed by atoms with van der Waals surface area (Å²) >= 11 is 5.92. The molecule has 1 aliphatic rings. The topological polar surface area (TPSA) is 96.9 Å². The molecule has 0 bridgehead atoms. The number of piperazine rings is 1. The number of carbonyl (C=O) groups excluding carboxylic acids is 1. The Morgan fingerprint density at radius 2 is 1.62 bits per heavy atom. The fourth-order valence-corrected chi connectivity index (χ4v) is 5.25. The average Bonchev–Trinajstić information content (AvgIpc) is 3.55. The van der Waals surface area contributed by atoms with Gasteiger partial charge in [-0.05, 0) is 48.5 Å². The van der Waals surface area contributed by atoms with Crippen LogP contribution >= 0.6 is 11.6 Å². The summed E-state index contributed by atoms with van der Waals surface area (Å²) in [5.74, 6) is 0.428. The van der Waals surface area contributed by atoms with Crippen LogP contribution in [-0.2, 0) is 9.84 Å². The highest BCUT2D eigenvalue weighted by Gasteiger charge is 2.34. The molecule has 4 aromatic rings. The molecule has 0 atom stereocenters. The molecule has 0 saturated carbocycles. The normalized spacial score (nSPS) is 14.4. The van der Waals surface area contributed by atoms with Gasteiger partial charge in [0.1, 0.15) is 0 Å². The van der Waals surface area contributed by atoms with Crippen molar-refractivity contribution in [2.24, 2.45) is 0 Å². The van der Waals surface area contributed by atoms with Gasteiger partial charge in [-0.3, -0.25) is 4.79 Å². The van der Waals surface area contributed by atoms with E-state index in [1.54, 1.807) is 64.4 Å². The first-order valence-electron chi connectivity index (χ1n) is 10.6. The van der Waals surface area contributed by atoms with Crippen LogP contribution < -0.4 is 4.90 Å². The van der Waals surface area contributed by atoms with Gasteiger partial charge in [-0.15, -0.1) is 0 Å². The molecular weight excluding hydrogens is 478 g/mol. The summed E-state index contributed by atoms with van der Waals surface area (Å²) in [6.45, 7) is 1.54. The van der Waals surface area contributed by atoms with Gasteiger partial charge >= 0.3 is 0 Å². The van der Waals surface area contributed by atoms with Crippen molar-refractivity contribution in [3.63, 3.8) is 0 Å². The number of halogens is 1. The third-order valence-electron chi connectivity index (χ3n) is 5.56. The van der Waals surface area contributed by atoms with Crippen molar-refractivity contribution in [2.45, 2.75) is 9.92 Å². The number of rotatable bonds is 5. The number of anilines is 1. The van der Waals surface area contributed by atoms with E-state index in [4.69, 9.17) is 20.4 Å². The van der Waals surface area contributed by atoms with Crippen LogP contribution in [0.15, 0.2) is 91.7 Å². The summed E-state index contributed by atoms with van der Waals surface area (Å²) in [7, 11) is -3.95. The lowest BCUT2D eigenvalue weighted by Gasteiger charge is -2.34. The zero-order valence-electron chi connectivity index (χ0n) is 17.9. The number of furan rings is 1. The van der Waals surface area contributed by atoms with Gasteiger partial charge in [-0.25, -0.2) is 8.42 Å². The lowest BCUT2D eigenvalue weighted by molar-refractivity contribution is 0.0745. The summed E-state index contributed by atoms with van der Waals surface area (Å²) < 4.78 is 38.1. The number of amides is 1. The van der Waals surface area contributed by atoms with Crippen LogP contribution in [0.1, 0.15) is 10.4 Å². The molecule has 0 N–H and O–H groups in total. The highest BCUT2D eigenvalue weighted by atomic mass is 35.5. The molecule has 34 heavy (non-hydrogen) atoms. The SMILES string of the molecule is O=C(c1ccc(Cl)cc1)N1CCN(c2oc(-c3ccco3)nc2S(=O)(=O)c2ccccc2)CC1. The molecule has 0 aliphatic carbocycles. The van der Waals surface area contributed by atoms with E-state index in [9.17, 15) is 13.2 Å². The van der Waals surface area contributed by atoms with Gasteiger partial charge in [0.05, 0.1) is 11.2 Å². The maximum atomic E-state index is 13.4. The molecule has 1 aliphatic heterocycles. The maximum absolute atomic E-state index is 13.4. The maximum Gasteiger partial charge on any atom is 0.266 e. The molecule has 1 saturated heterocycles. The van der Waals surface area contributed by atoms with Crippen molar-refractivity contribution in [1.29, 1.82) is 0 Å². The second-order valence-corrected chi connectivity index (χ2v) is 10.0. The van der Waals surface area contributed by atoms with Crippen molar-refractivity contribution < 1.29 is 22.0 Å². The lowest BCUT2D eigenvalue weighted by atomic mass is 10.2. The Morgan fingerprint density at radius 1 is 0.912 bits per heavy atom. The van der Waals surface area contributed by atoms with Crippen LogP contribution in [0.3, 0.4) is 0 Å². The first-order chi connectivity index (χ1) is 16.4. The Balaban J connectivity index is 1.43. The van der Waals surface area contributed by atoms with E-state index in [1.165, 1.54) is 18.4 Å². The Hall–Kier alpha value is -3.56. The van der Waals surface area contributed by atoms with E-state index < -0.39 is 9.84 Å². The van der Waals surface area contributed by atoms with Gasteiger partial charge in [-0.2, -0.15) is 4.98 Å². The summed E-state index contributed by atoms with van der Waals surface area (Å²) in [6.07, 6.45) is 1.46. The fourth-order valence-electron chi connectivity index (χ4n) is 3.78. The highest BCUT2D eigenvalue weighted by Crippen LogP contribution is 2.35. The second-order valence-electron chi connectivity index (χ2n) is 7.71. The number of sulfone groups is 1. The first-order valence-corrected chi connectivity index (χ1v) is 12.4. The van der Waals surface area contributed by atoms with E-state index in [0.29, 0.717) is 42.5 Å². The number of nitrogens with zero attached hydrogens (tertiary/aromatic N) is 3. The minimum Gasteiger partial charge on any atom is -0.459 e. The Bertz CT molecular complexity index is 1390. The number of hydrogen-bond donors (Lipinski definition) is 0. The van der Waals surface area contributed by atoms with Crippen molar-refractivity contribution in [2.75, 3.05) is 31.1 Å². The third kappa shape index (κ3) is 4.20. The van der Waals surface area contributed by atoms with Crippen molar-refractivity contribution in [1.82, 2.24) is 9.88 Å². The molecule has 0 unspecified atom stereocenters. The van der Waals surface area contributed by atoms with Crippen molar-refractivity contribution in [3.05, 3.63) is 83.6 Å². The van der Waals surface area contributed by atoms with E-state index >= 15 is 0 Å². The molecule has 3 heterocycles. The van der Waals surface area contributed by atoms with Crippen LogP contribution in [0, 0.1) is 0 Å². The van der Waals surface area contributed by atoms with E-state index in [0.717, 1.165) is 0 Å². The first kappa shape index (κ1) is 22.2. The molecule has 2 aromatic heterocycles. The number of hydrogen-bond acceptors (Lipinski definition) is 7. The van der Waals surface area contributed by atoms with Crippen LogP contribution in [0.4, 0.5) is 5.88 Å². The molecular formula is C24H20ClN3O5S. The number of carbonyl (C=O) groups is 1. The molecule has 5 rings (SSSR count). The third-order valence-corrected chi connectivity index (χ3v) is 7.48. The second kappa shape index (κ2) is 9.00. The zero-order chi connectivity index (χ0) is 23.7. The zero-order valence-corrected chi connectivity index (χ0v) is 19.5. The van der Waals surface area contributed by atoms with Gasteiger partial charge in [0.25, 0.3) is 11.8 Å². The molecule has 0 spiro atoms. The van der Waals surface area contributed by atoms with Crippen molar-refractivity contribution >= 4 is 33.2 Å². The smallest absolute Gasteiger partial charge is 0.266 e. The van der Waals surface area contributed by atoms with Crippen LogP contribution in [-0.4, -0.2) is 50.4 Å². The standard InChI is InChI=1S/C24H20ClN3O5S/c25-18-10-8-17(9-11-18)23(29)27-12-14-28(15-13-27)24-22(26-21(33-24)20-7-4-16-32-20)34(30,31)19-5-2-1-3-6-19/h1-11,16H,12-15H2. The van der Waals surface area contributed by atoms with Gasteiger partial charge in [0.2, 0.25) is 20.7 Å². The van der Waals surface area contributed by atoms with E-state index in [2.05, 4.69) is 4.98 Å².